The Balaban J connectivity index is 2.32. The standard InChI is InChI=1S/C11H21NO2/c1-3-9(2)6-11(14)12-5-4-10(7-12)8-13/h9-10,13H,3-8H2,1-2H3/t9-,10-/m0/s1. The van der Waals surface area contributed by atoms with E-state index >= 15 is 0 Å². The van der Waals surface area contributed by atoms with Gasteiger partial charge >= 0.3 is 0 Å². The summed E-state index contributed by atoms with van der Waals surface area (Å²) in [6.07, 6.45) is 2.68. The lowest BCUT2D eigenvalue weighted by Crippen LogP contribution is -2.30. The summed E-state index contributed by atoms with van der Waals surface area (Å²) >= 11 is 0. The van der Waals surface area contributed by atoms with Gasteiger partial charge in [0, 0.05) is 32.0 Å². The fraction of sp³-hybridized carbons (Fsp3) is 0.909. The minimum atomic E-state index is 0.215. The van der Waals surface area contributed by atoms with E-state index in [1.54, 1.807) is 0 Å². The number of aliphatic hydroxyl groups excluding tert-OH is 1. The number of likely N-dealkylation sites (tertiary alicyclic amines) is 1. The smallest absolute Gasteiger partial charge is 0.222 e. The van der Waals surface area contributed by atoms with Crippen LogP contribution in [0.25, 0.3) is 0 Å². The van der Waals surface area contributed by atoms with Crippen LogP contribution in [0.3, 0.4) is 0 Å². The monoisotopic (exact) mass is 199 g/mol. The molecule has 0 bridgehead atoms. The van der Waals surface area contributed by atoms with E-state index in [0.29, 0.717) is 18.3 Å². The molecule has 1 saturated heterocycles. The van der Waals surface area contributed by atoms with Crippen LogP contribution in [0.1, 0.15) is 33.1 Å². The van der Waals surface area contributed by atoms with Crippen molar-refractivity contribution in [2.75, 3.05) is 19.7 Å². The summed E-state index contributed by atoms with van der Waals surface area (Å²) in [6.45, 7) is 6.02. The van der Waals surface area contributed by atoms with Gasteiger partial charge in [-0.3, -0.25) is 4.79 Å². The summed E-state index contributed by atoms with van der Waals surface area (Å²) in [5.41, 5.74) is 0. The molecular formula is C11H21NO2. The van der Waals surface area contributed by atoms with Gasteiger partial charge in [-0.2, -0.15) is 0 Å². The third-order valence-corrected chi connectivity index (χ3v) is 3.12. The van der Waals surface area contributed by atoms with Crippen LogP contribution >= 0.6 is 0 Å². The van der Waals surface area contributed by atoms with Crippen molar-refractivity contribution in [3.8, 4) is 0 Å². The van der Waals surface area contributed by atoms with Gasteiger partial charge in [-0.1, -0.05) is 20.3 Å². The summed E-state index contributed by atoms with van der Waals surface area (Å²) < 4.78 is 0. The van der Waals surface area contributed by atoms with E-state index in [-0.39, 0.29) is 12.5 Å². The van der Waals surface area contributed by atoms with Crippen molar-refractivity contribution in [3.05, 3.63) is 0 Å². The van der Waals surface area contributed by atoms with Crippen molar-refractivity contribution in [3.63, 3.8) is 0 Å². The molecule has 0 spiro atoms. The first-order chi connectivity index (χ1) is 6.67. The zero-order valence-corrected chi connectivity index (χ0v) is 9.20. The summed E-state index contributed by atoms with van der Waals surface area (Å²) in [5.74, 6) is 1.06. The van der Waals surface area contributed by atoms with Crippen molar-refractivity contribution in [2.24, 2.45) is 11.8 Å². The van der Waals surface area contributed by atoms with E-state index in [2.05, 4.69) is 13.8 Å². The van der Waals surface area contributed by atoms with Crippen LogP contribution in [0.4, 0.5) is 0 Å². The fourth-order valence-electron chi connectivity index (χ4n) is 1.78. The maximum Gasteiger partial charge on any atom is 0.222 e. The van der Waals surface area contributed by atoms with Crippen LogP contribution < -0.4 is 0 Å². The molecule has 1 amide bonds. The third kappa shape index (κ3) is 2.98. The molecule has 0 aliphatic carbocycles. The predicted molar refractivity (Wildman–Crippen MR) is 55.8 cm³/mol. The molecule has 3 heteroatoms. The molecule has 2 atom stereocenters. The molecule has 1 aliphatic heterocycles. The molecule has 0 aromatic carbocycles. The Morgan fingerprint density at radius 3 is 2.86 bits per heavy atom. The van der Waals surface area contributed by atoms with E-state index in [1.807, 2.05) is 4.90 Å². The molecule has 1 fully saturated rings. The van der Waals surface area contributed by atoms with Gasteiger partial charge < -0.3 is 10.0 Å². The summed E-state index contributed by atoms with van der Waals surface area (Å²) in [4.78, 5) is 13.6. The number of hydrogen-bond donors (Lipinski definition) is 1. The van der Waals surface area contributed by atoms with Gasteiger partial charge in [0.25, 0.3) is 0 Å². The number of rotatable bonds is 4. The van der Waals surface area contributed by atoms with Crippen molar-refractivity contribution in [1.82, 2.24) is 4.90 Å². The first kappa shape index (κ1) is 11.5. The summed E-state index contributed by atoms with van der Waals surface area (Å²) in [7, 11) is 0. The summed E-state index contributed by atoms with van der Waals surface area (Å²) in [5, 5.41) is 8.96. The summed E-state index contributed by atoms with van der Waals surface area (Å²) in [6, 6.07) is 0. The molecule has 1 aliphatic rings. The lowest BCUT2D eigenvalue weighted by Gasteiger charge is -2.18. The molecule has 0 aromatic rings. The Hall–Kier alpha value is -0.570. The predicted octanol–water partition coefficient (Wildman–Crippen LogP) is 1.26. The average Bonchev–Trinajstić information content (AvgIpc) is 2.65. The molecule has 14 heavy (non-hydrogen) atoms. The minimum Gasteiger partial charge on any atom is -0.396 e. The lowest BCUT2D eigenvalue weighted by molar-refractivity contribution is -0.131. The van der Waals surface area contributed by atoms with Crippen LogP contribution in [0.2, 0.25) is 0 Å². The number of carbonyl (C=O) groups is 1. The largest absolute Gasteiger partial charge is 0.396 e. The maximum atomic E-state index is 11.7. The second kappa shape index (κ2) is 5.35. The van der Waals surface area contributed by atoms with Crippen molar-refractivity contribution in [2.45, 2.75) is 33.1 Å². The molecular weight excluding hydrogens is 178 g/mol. The second-order valence-corrected chi connectivity index (χ2v) is 4.39. The average molecular weight is 199 g/mol. The first-order valence-electron chi connectivity index (χ1n) is 5.56. The maximum absolute atomic E-state index is 11.7. The van der Waals surface area contributed by atoms with Gasteiger partial charge in [0.2, 0.25) is 5.91 Å². The van der Waals surface area contributed by atoms with E-state index in [0.717, 1.165) is 25.9 Å². The van der Waals surface area contributed by atoms with E-state index in [1.165, 1.54) is 0 Å². The van der Waals surface area contributed by atoms with E-state index in [9.17, 15) is 4.79 Å². The highest BCUT2D eigenvalue weighted by Gasteiger charge is 2.25. The molecule has 0 saturated carbocycles. The molecule has 1 heterocycles. The molecule has 0 aromatic heterocycles. The van der Waals surface area contributed by atoms with Gasteiger partial charge in [-0.15, -0.1) is 0 Å². The third-order valence-electron chi connectivity index (χ3n) is 3.12. The number of nitrogens with zero attached hydrogens (tertiary/aromatic N) is 1. The van der Waals surface area contributed by atoms with Crippen molar-refractivity contribution < 1.29 is 9.90 Å². The van der Waals surface area contributed by atoms with Gasteiger partial charge in [0.05, 0.1) is 0 Å². The molecule has 82 valence electrons. The highest BCUT2D eigenvalue weighted by molar-refractivity contribution is 5.76. The Morgan fingerprint density at radius 1 is 1.64 bits per heavy atom. The Labute approximate surface area is 86.1 Å². The zero-order valence-electron chi connectivity index (χ0n) is 9.20. The van der Waals surface area contributed by atoms with Crippen molar-refractivity contribution >= 4 is 5.91 Å². The number of amides is 1. The zero-order chi connectivity index (χ0) is 10.6. The molecule has 3 nitrogen and oxygen atoms in total. The Bertz CT molecular complexity index is 194. The van der Waals surface area contributed by atoms with Crippen LogP contribution in [-0.4, -0.2) is 35.6 Å². The first-order valence-corrected chi connectivity index (χ1v) is 5.56. The quantitative estimate of drug-likeness (QED) is 0.740. The molecule has 0 radical (unpaired) electrons. The van der Waals surface area contributed by atoms with Gasteiger partial charge in [0.15, 0.2) is 0 Å². The minimum absolute atomic E-state index is 0.215. The molecule has 0 unspecified atom stereocenters. The van der Waals surface area contributed by atoms with E-state index in [4.69, 9.17) is 5.11 Å². The fourth-order valence-corrected chi connectivity index (χ4v) is 1.78. The van der Waals surface area contributed by atoms with Crippen LogP contribution in [0.15, 0.2) is 0 Å². The van der Waals surface area contributed by atoms with Crippen molar-refractivity contribution in [1.29, 1.82) is 0 Å². The highest BCUT2D eigenvalue weighted by atomic mass is 16.3. The SMILES string of the molecule is CC[C@H](C)CC(=O)N1CC[C@H](CO)C1. The van der Waals surface area contributed by atoms with Gasteiger partial charge in [-0.25, -0.2) is 0 Å². The lowest BCUT2D eigenvalue weighted by atomic mass is 10.0. The van der Waals surface area contributed by atoms with Crippen LogP contribution in [-0.2, 0) is 4.79 Å². The number of hydrogen-bond acceptors (Lipinski definition) is 2. The van der Waals surface area contributed by atoms with E-state index < -0.39 is 0 Å². The molecule has 1 rings (SSSR count). The van der Waals surface area contributed by atoms with Crippen LogP contribution in [0, 0.1) is 11.8 Å². The number of aliphatic hydroxyl groups is 1. The highest BCUT2D eigenvalue weighted by Crippen LogP contribution is 2.18. The Kier molecular flexibility index (Phi) is 4.39. The Morgan fingerprint density at radius 2 is 2.36 bits per heavy atom. The topological polar surface area (TPSA) is 40.5 Å². The van der Waals surface area contributed by atoms with Gasteiger partial charge in [0.1, 0.15) is 0 Å². The molecule has 1 N–H and O–H groups in total. The van der Waals surface area contributed by atoms with Gasteiger partial charge in [-0.05, 0) is 12.3 Å². The normalized spacial score (nSPS) is 23.9. The number of carbonyl (C=O) groups excluding carboxylic acids is 1. The van der Waals surface area contributed by atoms with Crippen LogP contribution in [0.5, 0.6) is 0 Å². The second-order valence-electron chi connectivity index (χ2n) is 4.39.